The Labute approximate surface area is 150 Å². The van der Waals surface area contributed by atoms with Crippen LogP contribution in [0.1, 0.15) is 29.6 Å². The molecule has 0 saturated carbocycles. The fourth-order valence-corrected chi connectivity index (χ4v) is 3.32. The molecule has 0 radical (unpaired) electrons. The third-order valence-electron chi connectivity index (χ3n) is 4.80. The van der Waals surface area contributed by atoms with E-state index in [4.69, 9.17) is 4.74 Å². The van der Waals surface area contributed by atoms with E-state index in [-0.39, 0.29) is 5.91 Å². The zero-order chi connectivity index (χ0) is 17.6. The van der Waals surface area contributed by atoms with Crippen molar-refractivity contribution in [2.45, 2.75) is 25.3 Å². The van der Waals surface area contributed by atoms with Crippen molar-refractivity contribution in [3.05, 3.63) is 60.2 Å². The van der Waals surface area contributed by atoms with Crippen molar-refractivity contribution < 1.29 is 9.53 Å². The summed E-state index contributed by atoms with van der Waals surface area (Å²) in [4.78, 5) is 17.3. The number of likely N-dealkylation sites (tertiary alicyclic amines) is 1. The number of carbonyl (C=O) groups excluding carboxylic acids is 1. The zero-order valence-electron chi connectivity index (χ0n) is 15.0. The molecular weight excluding hydrogens is 312 g/mol. The zero-order valence-corrected chi connectivity index (χ0v) is 15.0. The Kier molecular flexibility index (Phi) is 5.71. The highest BCUT2D eigenvalue weighted by molar-refractivity contribution is 5.97. The summed E-state index contributed by atoms with van der Waals surface area (Å²) in [6, 6.07) is 17.7. The molecule has 4 heteroatoms. The normalized spacial score (nSPS) is 18.0. The van der Waals surface area contributed by atoms with Crippen LogP contribution in [-0.2, 0) is 0 Å². The van der Waals surface area contributed by atoms with Crippen LogP contribution in [0.25, 0.3) is 0 Å². The molecule has 3 rings (SSSR count). The van der Waals surface area contributed by atoms with Crippen molar-refractivity contribution >= 4 is 5.91 Å². The van der Waals surface area contributed by atoms with Gasteiger partial charge in [-0.15, -0.1) is 0 Å². The number of hydrogen-bond donors (Lipinski definition) is 0. The summed E-state index contributed by atoms with van der Waals surface area (Å²) in [7, 11) is 4.23. The van der Waals surface area contributed by atoms with E-state index in [0.29, 0.717) is 17.4 Å². The molecule has 4 nitrogen and oxygen atoms in total. The Morgan fingerprint density at radius 2 is 1.72 bits per heavy atom. The number of rotatable bonds is 4. The van der Waals surface area contributed by atoms with Crippen molar-refractivity contribution in [1.82, 2.24) is 9.80 Å². The minimum atomic E-state index is 0.0611. The molecule has 1 fully saturated rings. The van der Waals surface area contributed by atoms with Crippen molar-refractivity contribution in [2.24, 2.45) is 0 Å². The van der Waals surface area contributed by atoms with Gasteiger partial charge in [-0.2, -0.15) is 0 Å². The first-order valence-electron chi connectivity index (χ1n) is 8.93. The topological polar surface area (TPSA) is 32.8 Å². The van der Waals surface area contributed by atoms with E-state index >= 15 is 0 Å². The second-order valence-electron chi connectivity index (χ2n) is 6.75. The molecule has 0 N–H and O–H groups in total. The molecule has 1 heterocycles. The summed E-state index contributed by atoms with van der Waals surface area (Å²) in [6.45, 7) is 1.60. The standard InChI is InChI=1S/C21H26N2O2/c1-22(2)17-9-8-15-23(16-14-17)21(24)19-12-6-7-13-20(19)25-18-10-4-3-5-11-18/h3-7,10-13,17H,8-9,14-16H2,1-2H3/t17-/m0/s1. The summed E-state index contributed by atoms with van der Waals surface area (Å²) < 4.78 is 5.96. The lowest BCUT2D eigenvalue weighted by molar-refractivity contribution is 0.0756. The van der Waals surface area contributed by atoms with Gasteiger partial charge in [0.25, 0.3) is 5.91 Å². The predicted molar refractivity (Wildman–Crippen MR) is 100 cm³/mol. The van der Waals surface area contributed by atoms with Gasteiger partial charge in [0.2, 0.25) is 0 Å². The van der Waals surface area contributed by atoms with Crippen molar-refractivity contribution in [3.63, 3.8) is 0 Å². The van der Waals surface area contributed by atoms with E-state index in [9.17, 15) is 4.79 Å². The molecule has 1 saturated heterocycles. The number of ether oxygens (including phenoxy) is 1. The first-order chi connectivity index (χ1) is 12.1. The molecule has 1 aliphatic rings. The molecule has 1 atom stereocenters. The van der Waals surface area contributed by atoms with E-state index in [1.165, 1.54) is 0 Å². The third kappa shape index (κ3) is 4.40. The van der Waals surface area contributed by atoms with Crippen LogP contribution in [0.5, 0.6) is 11.5 Å². The predicted octanol–water partition coefficient (Wildman–Crippen LogP) is 4.04. The lowest BCUT2D eigenvalue weighted by Crippen LogP contribution is -2.34. The van der Waals surface area contributed by atoms with Gasteiger partial charge in [-0.1, -0.05) is 30.3 Å². The lowest BCUT2D eigenvalue weighted by Gasteiger charge is -2.24. The molecule has 25 heavy (non-hydrogen) atoms. The largest absolute Gasteiger partial charge is 0.457 e. The monoisotopic (exact) mass is 338 g/mol. The van der Waals surface area contributed by atoms with Crippen LogP contribution in [0, 0.1) is 0 Å². The number of benzene rings is 2. The summed E-state index contributed by atoms with van der Waals surface area (Å²) >= 11 is 0. The average Bonchev–Trinajstić information content (AvgIpc) is 2.89. The lowest BCUT2D eigenvalue weighted by atomic mass is 10.1. The van der Waals surface area contributed by atoms with E-state index < -0.39 is 0 Å². The number of hydrogen-bond acceptors (Lipinski definition) is 3. The van der Waals surface area contributed by atoms with E-state index in [0.717, 1.165) is 38.1 Å². The molecule has 132 valence electrons. The number of carbonyl (C=O) groups is 1. The van der Waals surface area contributed by atoms with Crippen LogP contribution >= 0.6 is 0 Å². The van der Waals surface area contributed by atoms with Crippen LogP contribution in [-0.4, -0.2) is 48.9 Å². The van der Waals surface area contributed by atoms with Gasteiger partial charge in [0.1, 0.15) is 11.5 Å². The third-order valence-corrected chi connectivity index (χ3v) is 4.80. The quantitative estimate of drug-likeness (QED) is 0.843. The fourth-order valence-electron chi connectivity index (χ4n) is 3.32. The molecule has 2 aromatic rings. The molecule has 0 aliphatic carbocycles. The van der Waals surface area contributed by atoms with Crippen molar-refractivity contribution in [2.75, 3.05) is 27.2 Å². The molecule has 0 spiro atoms. The highest BCUT2D eigenvalue weighted by Gasteiger charge is 2.24. The van der Waals surface area contributed by atoms with Gasteiger partial charge in [0.05, 0.1) is 5.56 Å². The van der Waals surface area contributed by atoms with Gasteiger partial charge in [0, 0.05) is 19.1 Å². The summed E-state index contributed by atoms with van der Waals surface area (Å²) in [5, 5.41) is 0. The average molecular weight is 338 g/mol. The molecule has 1 amide bonds. The van der Waals surface area contributed by atoms with E-state index in [2.05, 4.69) is 19.0 Å². The summed E-state index contributed by atoms with van der Waals surface area (Å²) in [5.41, 5.74) is 0.634. The summed E-state index contributed by atoms with van der Waals surface area (Å²) in [5.74, 6) is 1.42. The van der Waals surface area contributed by atoms with Gasteiger partial charge in [-0.25, -0.2) is 0 Å². The van der Waals surface area contributed by atoms with E-state index in [1.54, 1.807) is 0 Å². The number of amides is 1. The second kappa shape index (κ2) is 8.17. The maximum Gasteiger partial charge on any atom is 0.257 e. The van der Waals surface area contributed by atoms with Gasteiger partial charge in [-0.3, -0.25) is 4.79 Å². The highest BCUT2D eigenvalue weighted by atomic mass is 16.5. The van der Waals surface area contributed by atoms with Crippen LogP contribution in [0.4, 0.5) is 0 Å². The van der Waals surface area contributed by atoms with Crippen molar-refractivity contribution in [3.8, 4) is 11.5 Å². The maximum atomic E-state index is 13.1. The Bertz CT molecular complexity index is 700. The molecule has 2 aromatic carbocycles. The van der Waals surface area contributed by atoms with Crippen LogP contribution in [0.3, 0.4) is 0 Å². The first kappa shape index (κ1) is 17.5. The van der Waals surface area contributed by atoms with Crippen LogP contribution in [0.15, 0.2) is 54.6 Å². The summed E-state index contributed by atoms with van der Waals surface area (Å²) in [6.07, 6.45) is 3.19. The Hall–Kier alpha value is -2.33. The first-order valence-corrected chi connectivity index (χ1v) is 8.93. The second-order valence-corrected chi connectivity index (χ2v) is 6.75. The molecule has 0 unspecified atom stereocenters. The minimum absolute atomic E-state index is 0.0611. The van der Waals surface area contributed by atoms with Gasteiger partial charge < -0.3 is 14.5 Å². The SMILES string of the molecule is CN(C)[C@H]1CCCN(C(=O)c2ccccc2Oc2ccccc2)CC1. The molecule has 1 aliphatic heterocycles. The number of nitrogens with zero attached hydrogens (tertiary/aromatic N) is 2. The van der Waals surface area contributed by atoms with Crippen LogP contribution in [0.2, 0.25) is 0 Å². The molecule has 0 aromatic heterocycles. The smallest absolute Gasteiger partial charge is 0.257 e. The molecule has 0 bridgehead atoms. The number of para-hydroxylation sites is 2. The minimum Gasteiger partial charge on any atom is -0.457 e. The Morgan fingerprint density at radius 3 is 2.48 bits per heavy atom. The van der Waals surface area contributed by atoms with Crippen LogP contribution < -0.4 is 4.74 Å². The molecular formula is C21H26N2O2. The Morgan fingerprint density at radius 1 is 1.00 bits per heavy atom. The van der Waals surface area contributed by atoms with Gasteiger partial charge in [-0.05, 0) is 57.6 Å². The van der Waals surface area contributed by atoms with Gasteiger partial charge >= 0.3 is 0 Å². The van der Waals surface area contributed by atoms with E-state index in [1.807, 2.05) is 59.5 Å². The highest BCUT2D eigenvalue weighted by Crippen LogP contribution is 2.27. The fraction of sp³-hybridized carbons (Fsp3) is 0.381. The Balaban J connectivity index is 1.76. The maximum absolute atomic E-state index is 13.1. The van der Waals surface area contributed by atoms with Crippen molar-refractivity contribution in [1.29, 1.82) is 0 Å². The van der Waals surface area contributed by atoms with Gasteiger partial charge in [0.15, 0.2) is 0 Å².